The van der Waals surface area contributed by atoms with E-state index >= 15 is 0 Å². The number of aliphatic carboxylic acids is 1. The SMILES string of the molecule is C=C(CCOC(=O)c1ccccc1Br)C(=O)O. The lowest BCUT2D eigenvalue weighted by Gasteiger charge is -2.05. The van der Waals surface area contributed by atoms with Crippen molar-refractivity contribution < 1.29 is 19.4 Å². The van der Waals surface area contributed by atoms with Crippen LogP contribution in [0.5, 0.6) is 0 Å². The number of carbonyl (C=O) groups is 2. The molecule has 4 nitrogen and oxygen atoms in total. The van der Waals surface area contributed by atoms with Crippen molar-refractivity contribution in [2.45, 2.75) is 6.42 Å². The highest BCUT2D eigenvalue weighted by Crippen LogP contribution is 2.16. The van der Waals surface area contributed by atoms with Gasteiger partial charge in [0.25, 0.3) is 0 Å². The standard InChI is InChI=1S/C12H11BrO4/c1-8(11(14)15)6-7-17-12(16)9-4-2-3-5-10(9)13/h2-5H,1,6-7H2,(H,14,15). The molecule has 0 fully saturated rings. The van der Waals surface area contributed by atoms with Crippen molar-refractivity contribution >= 4 is 27.9 Å². The number of hydrogen-bond donors (Lipinski definition) is 1. The van der Waals surface area contributed by atoms with Gasteiger partial charge in [0.15, 0.2) is 0 Å². The van der Waals surface area contributed by atoms with E-state index in [9.17, 15) is 9.59 Å². The number of benzene rings is 1. The summed E-state index contributed by atoms with van der Waals surface area (Å²) in [6.07, 6.45) is 0.117. The quantitative estimate of drug-likeness (QED) is 0.670. The number of ether oxygens (including phenoxy) is 1. The molecule has 1 rings (SSSR count). The molecule has 0 aromatic heterocycles. The zero-order valence-corrected chi connectivity index (χ0v) is 10.6. The van der Waals surface area contributed by atoms with Crippen LogP contribution in [0.25, 0.3) is 0 Å². The fourth-order valence-electron chi connectivity index (χ4n) is 1.08. The van der Waals surface area contributed by atoms with E-state index in [1.54, 1.807) is 24.3 Å². The highest BCUT2D eigenvalue weighted by Gasteiger charge is 2.11. The molecule has 0 saturated carbocycles. The maximum Gasteiger partial charge on any atom is 0.339 e. The highest BCUT2D eigenvalue weighted by molar-refractivity contribution is 9.10. The van der Waals surface area contributed by atoms with E-state index < -0.39 is 11.9 Å². The normalized spacial score (nSPS) is 9.71. The summed E-state index contributed by atoms with van der Waals surface area (Å²) in [5.74, 6) is -1.57. The van der Waals surface area contributed by atoms with Crippen molar-refractivity contribution in [3.63, 3.8) is 0 Å². The predicted octanol–water partition coefficient (Wildman–Crippen LogP) is 2.64. The third-order valence-corrected chi connectivity index (χ3v) is 2.72. The number of carbonyl (C=O) groups excluding carboxylic acids is 1. The Morgan fingerprint density at radius 3 is 2.59 bits per heavy atom. The average Bonchev–Trinajstić information content (AvgIpc) is 2.29. The summed E-state index contributed by atoms with van der Waals surface area (Å²) >= 11 is 3.23. The number of hydrogen-bond acceptors (Lipinski definition) is 3. The molecule has 0 aliphatic carbocycles. The Morgan fingerprint density at radius 2 is 2.00 bits per heavy atom. The van der Waals surface area contributed by atoms with Crippen LogP contribution in [0, 0.1) is 0 Å². The fourth-order valence-corrected chi connectivity index (χ4v) is 1.53. The average molecular weight is 299 g/mol. The third-order valence-electron chi connectivity index (χ3n) is 2.03. The summed E-state index contributed by atoms with van der Waals surface area (Å²) in [4.78, 5) is 22.0. The van der Waals surface area contributed by atoms with Crippen LogP contribution in [0.3, 0.4) is 0 Å². The summed E-state index contributed by atoms with van der Waals surface area (Å²) in [7, 11) is 0. The molecule has 0 amide bonds. The Labute approximate surface area is 107 Å². The molecule has 0 heterocycles. The summed E-state index contributed by atoms with van der Waals surface area (Å²) < 4.78 is 5.58. The number of halogens is 1. The summed E-state index contributed by atoms with van der Waals surface area (Å²) in [5.41, 5.74) is 0.429. The Balaban J connectivity index is 2.49. The number of rotatable bonds is 5. The molecular formula is C12H11BrO4. The van der Waals surface area contributed by atoms with Gasteiger partial charge in [0.2, 0.25) is 0 Å². The van der Waals surface area contributed by atoms with E-state index in [2.05, 4.69) is 22.5 Å². The maximum absolute atomic E-state index is 11.6. The number of carboxylic acid groups (broad SMARTS) is 1. The summed E-state index contributed by atoms with van der Waals surface area (Å²) in [6, 6.07) is 6.86. The van der Waals surface area contributed by atoms with Crippen molar-refractivity contribution in [2.24, 2.45) is 0 Å². The van der Waals surface area contributed by atoms with Gasteiger partial charge in [-0.1, -0.05) is 18.7 Å². The van der Waals surface area contributed by atoms with Gasteiger partial charge in [0.1, 0.15) is 0 Å². The summed E-state index contributed by atoms with van der Waals surface area (Å²) in [6.45, 7) is 3.35. The molecule has 1 N–H and O–H groups in total. The van der Waals surface area contributed by atoms with E-state index in [-0.39, 0.29) is 18.6 Å². The number of carboxylic acids is 1. The second-order valence-electron chi connectivity index (χ2n) is 3.27. The van der Waals surface area contributed by atoms with E-state index in [4.69, 9.17) is 9.84 Å². The minimum Gasteiger partial charge on any atom is -0.478 e. The van der Waals surface area contributed by atoms with Crippen molar-refractivity contribution in [1.82, 2.24) is 0 Å². The Bertz CT molecular complexity index is 454. The fraction of sp³-hybridized carbons (Fsp3) is 0.167. The van der Waals surface area contributed by atoms with Gasteiger partial charge in [-0.15, -0.1) is 0 Å². The van der Waals surface area contributed by atoms with Gasteiger partial charge in [0.05, 0.1) is 12.2 Å². The minimum atomic E-state index is -1.08. The molecule has 0 bridgehead atoms. The van der Waals surface area contributed by atoms with Crippen LogP contribution in [-0.2, 0) is 9.53 Å². The number of esters is 1. The molecule has 0 aliphatic heterocycles. The molecule has 17 heavy (non-hydrogen) atoms. The zero-order chi connectivity index (χ0) is 12.8. The van der Waals surface area contributed by atoms with E-state index in [1.807, 2.05) is 0 Å². The van der Waals surface area contributed by atoms with Crippen LogP contribution in [0.15, 0.2) is 40.9 Å². The van der Waals surface area contributed by atoms with Crippen LogP contribution >= 0.6 is 15.9 Å². The van der Waals surface area contributed by atoms with Gasteiger partial charge in [-0.05, 0) is 28.1 Å². The van der Waals surface area contributed by atoms with Gasteiger partial charge in [0, 0.05) is 16.5 Å². The summed E-state index contributed by atoms with van der Waals surface area (Å²) in [5, 5.41) is 8.56. The molecule has 5 heteroatoms. The molecule has 0 saturated heterocycles. The molecular weight excluding hydrogens is 288 g/mol. The van der Waals surface area contributed by atoms with Crippen molar-refractivity contribution in [2.75, 3.05) is 6.61 Å². The Kier molecular flexibility index (Phi) is 4.90. The molecule has 0 unspecified atom stereocenters. The minimum absolute atomic E-state index is 0.00526. The first-order valence-electron chi connectivity index (χ1n) is 4.85. The van der Waals surface area contributed by atoms with Crippen LogP contribution < -0.4 is 0 Å². The van der Waals surface area contributed by atoms with E-state index in [0.29, 0.717) is 10.0 Å². The molecule has 1 aromatic rings. The van der Waals surface area contributed by atoms with E-state index in [0.717, 1.165) is 0 Å². The zero-order valence-electron chi connectivity index (χ0n) is 8.98. The molecule has 90 valence electrons. The second kappa shape index (κ2) is 6.20. The van der Waals surface area contributed by atoms with Gasteiger partial charge < -0.3 is 9.84 Å². The molecule has 0 aliphatic rings. The first-order valence-corrected chi connectivity index (χ1v) is 5.64. The van der Waals surface area contributed by atoms with Gasteiger partial charge in [-0.25, -0.2) is 9.59 Å². The topological polar surface area (TPSA) is 63.6 Å². The van der Waals surface area contributed by atoms with E-state index in [1.165, 1.54) is 0 Å². The van der Waals surface area contributed by atoms with Crippen LogP contribution in [0.2, 0.25) is 0 Å². The van der Waals surface area contributed by atoms with Crippen LogP contribution in [0.1, 0.15) is 16.8 Å². The molecule has 0 radical (unpaired) electrons. The first-order chi connectivity index (χ1) is 8.02. The first kappa shape index (κ1) is 13.4. The smallest absolute Gasteiger partial charge is 0.339 e. The van der Waals surface area contributed by atoms with Crippen LogP contribution in [-0.4, -0.2) is 23.7 Å². The predicted molar refractivity (Wildman–Crippen MR) is 65.8 cm³/mol. The Hall–Kier alpha value is -1.62. The second-order valence-corrected chi connectivity index (χ2v) is 4.13. The maximum atomic E-state index is 11.6. The van der Waals surface area contributed by atoms with Gasteiger partial charge in [-0.2, -0.15) is 0 Å². The van der Waals surface area contributed by atoms with Crippen molar-refractivity contribution in [1.29, 1.82) is 0 Å². The molecule has 0 spiro atoms. The highest BCUT2D eigenvalue weighted by atomic mass is 79.9. The van der Waals surface area contributed by atoms with Gasteiger partial charge >= 0.3 is 11.9 Å². The molecule has 0 atom stereocenters. The van der Waals surface area contributed by atoms with Crippen molar-refractivity contribution in [3.8, 4) is 0 Å². The Morgan fingerprint density at radius 1 is 1.35 bits per heavy atom. The largest absolute Gasteiger partial charge is 0.478 e. The lowest BCUT2D eigenvalue weighted by atomic mass is 10.2. The van der Waals surface area contributed by atoms with Crippen molar-refractivity contribution in [3.05, 3.63) is 46.5 Å². The lowest BCUT2D eigenvalue weighted by molar-refractivity contribution is -0.132. The van der Waals surface area contributed by atoms with Gasteiger partial charge in [-0.3, -0.25) is 0 Å². The lowest BCUT2D eigenvalue weighted by Crippen LogP contribution is -2.09. The third kappa shape index (κ3) is 4.03. The molecule has 1 aromatic carbocycles. The monoisotopic (exact) mass is 298 g/mol. The van der Waals surface area contributed by atoms with Crippen LogP contribution in [0.4, 0.5) is 0 Å².